The molecule has 0 radical (unpaired) electrons. The zero-order chi connectivity index (χ0) is 10.4. The number of halogens is 1. The lowest BCUT2D eigenvalue weighted by Crippen LogP contribution is -2.05. The fraction of sp³-hybridized carbons (Fsp3) is 0.200. The van der Waals surface area contributed by atoms with Gasteiger partial charge in [-0.05, 0) is 12.5 Å². The molecule has 1 aromatic rings. The van der Waals surface area contributed by atoms with Crippen LogP contribution in [0.15, 0.2) is 37.5 Å². The highest BCUT2D eigenvalue weighted by Gasteiger charge is 2.06. The first-order valence-electron chi connectivity index (χ1n) is 4.19. The molecule has 1 aromatic heterocycles. The van der Waals surface area contributed by atoms with Crippen LogP contribution >= 0.6 is 0 Å². The third-order valence-corrected chi connectivity index (χ3v) is 1.80. The predicted molar refractivity (Wildman–Crippen MR) is 51.7 cm³/mol. The van der Waals surface area contributed by atoms with E-state index in [4.69, 9.17) is 0 Å². The number of rotatable bonds is 5. The zero-order valence-corrected chi connectivity index (χ0v) is 7.64. The van der Waals surface area contributed by atoms with Crippen molar-refractivity contribution in [3.05, 3.63) is 43.0 Å². The second-order valence-corrected chi connectivity index (χ2v) is 2.78. The van der Waals surface area contributed by atoms with Crippen molar-refractivity contribution in [3.63, 3.8) is 0 Å². The summed E-state index contributed by atoms with van der Waals surface area (Å²) in [4.78, 5) is 10.4. The molecule has 3 nitrogen and oxygen atoms in total. The predicted octanol–water partition coefficient (Wildman–Crippen LogP) is 2.30. The fourth-order valence-corrected chi connectivity index (χ4v) is 1.12. The van der Waals surface area contributed by atoms with Gasteiger partial charge in [0, 0.05) is 6.20 Å². The number of hydrogen-bond acceptors (Lipinski definition) is 2. The molecule has 74 valence electrons. The second-order valence-electron chi connectivity index (χ2n) is 2.78. The number of hydrogen-bond donors (Lipinski definition) is 0. The summed E-state index contributed by atoms with van der Waals surface area (Å²) in [6, 6.07) is -0.216. The molecular formula is C10H11FN2O. The van der Waals surface area contributed by atoms with Crippen LogP contribution in [0.3, 0.4) is 0 Å². The van der Waals surface area contributed by atoms with E-state index < -0.39 is 0 Å². The van der Waals surface area contributed by atoms with E-state index in [0.717, 1.165) is 0 Å². The maximum Gasteiger partial charge on any atom is 0.153 e. The highest BCUT2D eigenvalue weighted by Crippen LogP contribution is 2.13. The Kier molecular flexibility index (Phi) is 3.79. The van der Waals surface area contributed by atoms with Gasteiger partial charge in [-0.3, -0.25) is 9.48 Å². The van der Waals surface area contributed by atoms with Crippen molar-refractivity contribution >= 4 is 6.29 Å². The molecule has 0 spiro atoms. The van der Waals surface area contributed by atoms with E-state index in [0.29, 0.717) is 24.6 Å². The Morgan fingerprint density at radius 1 is 1.71 bits per heavy atom. The molecule has 0 aliphatic heterocycles. The standard InChI is InChI=1S/C10H11FN2O/c1-2-3-10(4-5-11)13-7-9(8-14)6-12-13/h2,4-8,10H,1,3H2/b5-4+. The summed E-state index contributed by atoms with van der Waals surface area (Å²) >= 11 is 0. The number of aromatic nitrogens is 2. The lowest BCUT2D eigenvalue weighted by molar-refractivity contribution is 0.112. The summed E-state index contributed by atoms with van der Waals surface area (Å²) in [6.45, 7) is 3.57. The number of nitrogens with zero attached hydrogens (tertiary/aromatic N) is 2. The van der Waals surface area contributed by atoms with Crippen molar-refractivity contribution in [2.24, 2.45) is 0 Å². The molecule has 1 atom stereocenters. The van der Waals surface area contributed by atoms with Crippen molar-refractivity contribution in [1.29, 1.82) is 0 Å². The Morgan fingerprint density at radius 2 is 2.50 bits per heavy atom. The Hall–Kier alpha value is -1.71. The SMILES string of the molecule is C=CCC(/C=C/F)n1cc(C=O)cn1. The molecule has 0 aliphatic carbocycles. The van der Waals surface area contributed by atoms with Gasteiger partial charge in [-0.1, -0.05) is 6.08 Å². The molecule has 0 saturated heterocycles. The summed E-state index contributed by atoms with van der Waals surface area (Å²) in [7, 11) is 0. The van der Waals surface area contributed by atoms with Crippen LogP contribution < -0.4 is 0 Å². The minimum Gasteiger partial charge on any atom is -0.298 e. The van der Waals surface area contributed by atoms with E-state index in [2.05, 4.69) is 11.7 Å². The zero-order valence-electron chi connectivity index (χ0n) is 7.64. The van der Waals surface area contributed by atoms with Gasteiger partial charge in [0.2, 0.25) is 0 Å². The van der Waals surface area contributed by atoms with Gasteiger partial charge in [-0.15, -0.1) is 6.58 Å². The largest absolute Gasteiger partial charge is 0.298 e. The van der Waals surface area contributed by atoms with Crippen LogP contribution in [0.4, 0.5) is 4.39 Å². The lowest BCUT2D eigenvalue weighted by atomic mass is 10.2. The van der Waals surface area contributed by atoms with E-state index in [1.54, 1.807) is 12.3 Å². The van der Waals surface area contributed by atoms with Crippen LogP contribution in [0, 0.1) is 0 Å². The van der Waals surface area contributed by atoms with Crippen LogP contribution in [0.1, 0.15) is 22.8 Å². The van der Waals surface area contributed by atoms with Crippen molar-refractivity contribution in [3.8, 4) is 0 Å². The highest BCUT2D eigenvalue weighted by molar-refractivity contribution is 5.73. The quantitative estimate of drug-likeness (QED) is 0.532. The molecule has 1 rings (SSSR count). The van der Waals surface area contributed by atoms with Crippen molar-refractivity contribution in [2.45, 2.75) is 12.5 Å². The van der Waals surface area contributed by atoms with Gasteiger partial charge in [0.05, 0.1) is 24.1 Å². The van der Waals surface area contributed by atoms with Crippen molar-refractivity contribution < 1.29 is 9.18 Å². The van der Waals surface area contributed by atoms with E-state index >= 15 is 0 Å². The van der Waals surface area contributed by atoms with E-state index in [-0.39, 0.29) is 6.04 Å². The van der Waals surface area contributed by atoms with Crippen molar-refractivity contribution in [1.82, 2.24) is 9.78 Å². The summed E-state index contributed by atoms with van der Waals surface area (Å²) in [6.07, 6.45) is 7.79. The van der Waals surface area contributed by atoms with Gasteiger partial charge in [0.1, 0.15) is 0 Å². The minimum absolute atomic E-state index is 0.216. The van der Waals surface area contributed by atoms with Gasteiger partial charge >= 0.3 is 0 Å². The van der Waals surface area contributed by atoms with Gasteiger partial charge in [0.15, 0.2) is 6.29 Å². The third kappa shape index (κ3) is 2.39. The number of aldehydes is 1. The molecule has 0 amide bonds. The molecule has 1 unspecified atom stereocenters. The lowest BCUT2D eigenvalue weighted by Gasteiger charge is -2.09. The minimum atomic E-state index is -0.216. The number of carbonyl (C=O) groups excluding carboxylic acids is 1. The summed E-state index contributed by atoms with van der Waals surface area (Å²) in [5.74, 6) is 0. The van der Waals surface area contributed by atoms with Gasteiger partial charge in [-0.2, -0.15) is 5.10 Å². The molecular weight excluding hydrogens is 183 g/mol. The molecule has 1 heterocycles. The first kappa shape index (κ1) is 10.4. The molecule has 0 aliphatic rings. The Balaban J connectivity index is 2.86. The Bertz CT molecular complexity index is 344. The van der Waals surface area contributed by atoms with E-state index in [1.165, 1.54) is 17.0 Å². The monoisotopic (exact) mass is 194 g/mol. The molecule has 0 bridgehead atoms. The summed E-state index contributed by atoms with van der Waals surface area (Å²) in [5.41, 5.74) is 0.478. The van der Waals surface area contributed by atoms with E-state index in [9.17, 15) is 9.18 Å². The average Bonchev–Trinajstić information content (AvgIpc) is 2.65. The van der Waals surface area contributed by atoms with Crippen LogP contribution in [0.25, 0.3) is 0 Å². The number of carbonyl (C=O) groups is 1. The molecule has 0 N–H and O–H groups in total. The van der Waals surface area contributed by atoms with Crippen LogP contribution in [-0.4, -0.2) is 16.1 Å². The topological polar surface area (TPSA) is 34.9 Å². The summed E-state index contributed by atoms with van der Waals surface area (Å²) < 4.78 is 13.5. The number of allylic oxidation sites excluding steroid dienone is 2. The maximum absolute atomic E-state index is 12.0. The molecule has 14 heavy (non-hydrogen) atoms. The van der Waals surface area contributed by atoms with E-state index in [1.807, 2.05) is 0 Å². The second kappa shape index (κ2) is 5.11. The highest BCUT2D eigenvalue weighted by atomic mass is 19.1. The molecule has 0 saturated carbocycles. The third-order valence-electron chi connectivity index (χ3n) is 1.80. The molecule has 0 fully saturated rings. The van der Waals surface area contributed by atoms with Gasteiger partial charge in [-0.25, -0.2) is 4.39 Å². The van der Waals surface area contributed by atoms with Crippen LogP contribution in [0.5, 0.6) is 0 Å². The van der Waals surface area contributed by atoms with Crippen LogP contribution in [-0.2, 0) is 0 Å². The Labute approximate surface area is 81.5 Å². The van der Waals surface area contributed by atoms with Crippen molar-refractivity contribution in [2.75, 3.05) is 0 Å². The maximum atomic E-state index is 12.0. The smallest absolute Gasteiger partial charge is 0.153 e. The normalized spacial score (nSPS) is 12.9. The average molecular weight is 194 g/mol. The van der Waals surface area contributed by atoms with Gasteiger partial charge < -0.3 is 0 Å². The molecule has 4 heteroatoms. The first-order valence-corrected chi connectivity index (χ1v) is 4.19. The Morgan fingerprint density at radius 3 is 3.00 bits per heavy atom. The summed E-state index contributed by atoms with van der Waals surface area (Å²) in [5, 5.41) is 3.94. The fourth-order valence-electron chi connectivity index (χ4n) is 1.12. The first-order chi connectivity index (χ1) is 6.81. The van der Waals surface area contributed by atoms with Gasteiger partial charge in [0.25, 0.3) is 0 Å². The molecule has 0 aromatic carbocycles. The van der Waals surface area contributed by atoms with Crippen LogP contribution in [0.2, 0.25) is 0 Å².